The van der Waals surface area contributed by atoms with Crippen molar-refractivity contribution in [1.82, 2.24) is 4.31 Å². The van der Waals surface area contributed by atoms with Gasteiger partial charge in [-0.25, -0.2) is 8.42 Å². The van der Waals surface area contributed by atoms with Gasteiger partial charge in [0.15, 0.2) is 0 Å². The number of sulfonamides is 1. The fraction of sp³-hybridized carbons (Fsp3) is 0.526. The summed E-state index contributed by atoms with van der Waals surface area (Å²) >= 11 is 0. The molecule has 6 nitrogen and oxygen atoms in total. The van der Waals surface area contributed by atoms with Gasteiger partial charge in [0.2, 0.25) is 15.9 Å². The quantitative estimate of drug-likeness (QED) is 0.817. The molecule has 1 aliphatic heterocycles. The van der Waals surface area contributed by atoms with Crippen LogP contribution >= 0.6 is 0 Å². The van der Waals surface area contributed by atoms with Crippen molar-refractivity contribution in [2.75, 3.05) is 31.6 Å². The molecule has 4 rings (SSSR count). The van der Waals surface area contributed by atoms with Crippen molar-refractivity contribution in [3.05, 3.63) is 35.9 Å². The lowest BCUT2D eigenvalue weighted by atomic mass is 9.93. The number of nitrogens with zero attached hydrogens (tertiary/aromatic N) is 1. The number of fused-ring (bicyclic) bond motifs is 2. The van der Waals surface area contributed by atoms with Crippen LogP contribution in [0.5, 0.6) is 0 Å². The molecule has 1 N–H and O–H groups in total. The first-order valence-electron chi connectivity index (χ1n) is 9.13. The van der Waals surface area contributed by atoms with Crippen LogP contribution in [-0.2, 0) is 19.6 Å². The van der Waals surface area contributed by atoms with Crippen molar-refractivity contribution in [3.8, 4) is 0 Å². The number of hydrogen-bond donors (Lipinski definition) is 1. The number of anilines is 1. The first-order valence-corrected chi connectivity index (χ1v) is 10.6. The van der Waals surface area contributed by atoms with Crippen molar-refractivity contribution in [1.29, 1.82) is 0 Å². The maximum Gasteiger partial charge on any atom is 0.243 e. The largest absolute Gasteiger partial charge is 0.379 e. The van der Waals surface area contributed by atoms with Gasteiger partial charge in [0.1, 0.15) is 0 Å². The van der Waals surface area contributed by atoms with Crippen LogP contribution in [-0.4, -0.2) is 44.9 Å². The summed E-state index contributed by atoms with van der Waals surface area (Å²) in [6.07, 6.45) is 6.29. The number of carbonyl (C=O) groups excluding carboxylic acids is 1. The highest BCUT2D eigenvalue weighted by Gasteiger charge is 2.39. The Morgan fingerprint density at radius 3 is 2.62 bits per heavy atom. The molecule has 7 heteroatoms. The highest BCUT2D eigenvalue weighted by molar-refractivity contribution is 7.89. The van der Waals surface area contributed by atoms with Crippen LogP contribution in [0.25, 0.3) is 0 Å². The second-order valence-corrected chi connectivity index (χ2v) is 9.28. The zero-order valence-electron chi connectivity index (χ0n) is 14.8. The molecule has 1 amide bonds. The van der Waals surface area contributed by atoms with Crippen molar-refractivity contribution < 1.29 is 17.9 Å². The van der Waals surface area contributed by atoms with Crippen LogP contribution in [0.1, 0.15) is 18.4 Å². The molecule has 3 unspecified atom stereocenters. The van der Waals surface area contributed by atoms with E-state index in [9.17, 15) is 13.2 Å². The monoisotopic (exact) mass is 376 g/mol. The van der Waals surface area contributed by atoms with Crippen molar-refractivity contribution in [2.45, 2.75) is 24.7 Å². The van der Waals surface area contributed by atoms with Crippen LogP contribution in [0.15, 0.2) is 35.2 Å². The van der Waals surface area contributed by atoms with E-state index in [1.165, 1.54) is 4.31 Å². The van der Waals surface area contributed by atoms with Crippen molar-refractivity contribution >= 4 is 21.6 Å². The Kier molecular flexibility index (Phi) is 4.62. The number of aryl methyl sites for hydroxylation is 1. The third kappa shape index (κ3) is 3.19. The standard InChI is InChI=1S/C19H24N2O4S/c1-13-2-5-16(20-19(22)17-11-14-3-4-15(17)10-14)12-18(13)26(23,24)21-6-8-25-9-7-21/h2-5,12,14-15,17H,6-11H2,1H3,(H,20,22). The SMILES string of the molecule is Cc1ccc(NC(=O)C2CC3C=CC2C3)cc1S(=O)(=O)N1CCOCC1. The molecule has 1 saturated heterocycles. The number of benzene rings is 1. The molecular formula is C19H24N2O4S. The molecule has 0 spiro atoms. The van der Waals surface area contributed by atoms with Crippen LogP contribution in [0.3, 0.4) is 0 Å². The molecule has 1 aromatic rings. The lowest BCUT2D eigenvalue weighted by Gasteiger charge is -2.27. The molecule has 0 aromatic heterocycles. The lowest BCUT2D eigenvalue weighted by molar-refractivity contribution is -0.120. The van der Waals surface area contributed by atoms with E-state index in [0.717, 1.165) is 12.8 Å². The smallest absolute Gasteiger partial charge is 0.243 e. The molecule has 2 bridgehead atoms. The Morgan fingerprint density at radius 1 is 1.19 bits per heavy atom. The van der Waals surface area contributed by atoms with E-state index in [-0.39, 0.29) is 16.7 Å². The Balaban J connectivity index is 1.54. The molecule has 1 heterocycles. The van der Waals surface area contributed by atoms with Crippen molar-refractivity contribution in [3.63, 3.8) is 0 Å². The van der Waals surface area contributed by atoms with E-state index in [0.29, 0.717) is 49.4 Å². The summed E-state index contributed by atoms with van der Waals surface area (Å²) in [5.74, 6) is 0.819. The Hall–Kier alpha value is -1.70. The predicted octanol–water partition coefficient (Wildman–Crippen LogP) is 2.17. The van der Waals surface area contributed by atoms with Crippen molar-refractivity contribution in [2.24, 2.45) is 17.8 Å². The summed E-state index contributed by atoms with van der Waals surface area (Å²) in [6, 6.07) is 5.11. The normalized spacial score (nSPS) is 28.4. The van der Waals surface area contributed by atoms with Gasteiger partial charge in [-0.15, -0.1) is 0 Å². The number of nitrogens with one attached hydrogen (secondary N) is 1. The fourth-order valence-electron chi connectivity index (χ4n) is 4.20. The van der Waals surface area contributed by atoms with E-state index in [2.05, 4.69) is 17.5 Å². The Bertz CT molecular complexity index is 843. The van der Waals surface area contributed by atoms with Gasteiger partial charge in [0.05, 0.1) is 18.1 Å². The molecule has 140 valence electrons. The van der Waals surface area contributed by atoms with Gasteiger partial charge in [-0.3, -0.25) is 4.79 Å². The average Bonchev–Trinajstić information content (AvgIpc) is 3.27. The van der Waals surface area contributed by atoms with Gasteiger partial charge in [0.25, 0.3) is 0 Å². The maximum absolute atomic E-state index is 13.0. The number of hydrogen-bond acceptors (Lipinski definition) is 4. The summed E-state index contributed by atoms with van der Waals surface area (Å²) in [6.45, 7) is 3.31. The summed E-state index contributed by atoms with van der Waals surface area (Å²) in [5.41, 5.74) is 1.22. The van der Waals surface area contributed by atoms with Crippen LogP contribution in [0.2, 0.25) is 0 Å². The highest BCUT2D eigenvalue weighted by atomic mass is 32.2. The predicted molar refractivity (Wildman–Crippen MR) is 98.2 cm³/mol. The zero-order valence-corrected chi connectivity index (χ0v) is 15.7. The highest BCUT2D eigenvalue weighted by Crippen LogP contribution is 2.43. The number of allylic oxidation sites excluding steroid dienone is 2. The van der Waals surface area contributed by atoms with Crippen LogP contribution in [0, 0.1) is 24.7 Å². The summed E-state index contributed by atoms with van der Waals surface area (Å²) in [7, 11) is -3.59. The summed E-state index contributed by atoms with van der Waals surface area (Å²) in [5, 5.41) is 2.93. The lowest BCUT2D eigenvalue weighted by Crippen LogP contribution is -2.40. The molecule has 26 heavy (non-hydrogen) atoms. The van der Waals surface area contributed by atoms with E-state index in [1.54, 1.807) is 25.1 Å². The zero-order chi connectivity index (χ0) is 18.3. The summed E-state index contributed by atoms with van der Waals surface area (Å²) < 4.78 is 32.6. The van der Waals surface area contributed by atoms with E-state index in [1.807, 2.05) is 0 Å². The minimum atomic E-state index is -3.59. The molecule has 3 aliphatic rings. The van der Waals surface area contributed by atoms with Gasteiger partial charge in [0, 0.05) is 24.7 Å². The molecule has 2 fully saturated rings. The Labute approximate surface area is 154 Å². The number of amides is 1. The maximum atomic E-state index is 13.0. The average molecular weight is 376 g/mol. The second-order valence-electron chi connectivity index (χ2n) is 7.37. The third-order valence-electron chi connectivity index (χ3n) is 5.66. The molecular weight excluding hydrogens is 352 g/mol. The number of ether oxygens (including phenoxy) is 1. The Morgan fingerprint density at radius 2 is 1.96 bits per heavy atom. The number of rotatable bonds is 4. The number of carbonyl (C=O) groups is 1. The molecule has 0 radical (unpaired) electrons. The van der Waals surface area contributed by atoms with Gasteiger partial charge < -0.3 is 10.1 Å². The first-order chi connectivity index (χ1) is 12.4. The summed E-state index contributed by atoms with van der Waals surface area (Å²) in [4.78, 5) is 12.9. The van der Waals surface area contributed by atoms with Gasteiger partial charge in [-0.1, -0.05) is 18.2 Å². The topological polar surface area (TPSA) is 75.7 Å². The third-order valence-corrected chi connectivity index (χ3v) is 7.70. The van der Waals surface area contributed by atoms with Gasteiger partial charge >= 0.3 is 0 Å². The molecule has 2 aliphatic carbocycles. The fourth-order valence-corrected chi connectivity index (χ4v) is 5.86. The molecule has 3 atom stereocenters. The van der Waals surface area contributed by atoms with Gasteiger partial charge in [-0.05, 0) is 49.3 Å². The first kappa shape index (κ1) is 17.7. The minimum absolute atomic E-state index is 0.00870. The minimum Gasteiger partial charge on any atom is -0.379 e. The van der Waals surface area contributed by atoms with Crippen LogP contribution < -0.4 is 5.32 Å². The van der Waals surface area contributed by atoms with Gasteiger partial charge in [-0.2, -0.15) is 4.31 Å². The molecule has 1 saturated carbocycles. The second kappa shape index (κ2) is 6.79. The van der Waals surface area contributed by atoms with E-state index in [4.69, 9.17) is 4.74 Å². The van der Waals surface area contributed by atoms with E-state index < -0.39 is 10.0 Å². The number of morpholine rings is 1. The molecule has 1 aromatic carbocycles. The van der Waals surface area contributed by atoms with E-state index >= 15 is 0 Å². The van der Waals surface area contributed by atoms with Crippen LogP contribution in [0.4, 0.5) is 5.69 Å².